The minimum Gasteiger partial charge on any atom is -0.334 e. The maximum absolute atomic E-state index is 12.0. The summed E-state index contributed by atoms with van der Waals surface area (Å²) in [6.45, 7) is 4.61. The second-order valence-corrected chi connectivity index (χ2v) is 6.09. The molecule has 2 aromatic carbocycles. The van der Waals surface area contributed by atoms with Crippen molar-refractivity contribution in [2.24, 2.45) is 0 Å². The van der Waals surface area contributed by atoms with Crippen molar-refractivity contribution in [2.45, 2.75) is 32.9 Å². The maximum Gasteiger partial charge on any atom is 0.315 e. The van der Waals surface area contributed by atoms with Crippen LogP contribution in [0.1, 0.15) is 36.6 Å². The molecule has 0 fully saturated rings. The molecule has 2 aromatic rings. The first-order chi connectivity index (χ1) is 10.6. The Kier molecular flexibility index (Phi) is 6.01. The summed E-state index contributed by atoms with van der Waals surface area (Å²) in [5, 5.41) is 5.84. The number of halogens is 1. The summed E-state index contributed by atoms with van der Waals surface area (Å²) >= 11 is 3.48. The second kappa shape index (κ2) is 7.99. The lowest BCUT2D eigenvalue weighted by molar-refractivity contribution is 0.237. The minimum absolute atomic E-state index is 0.0230. The first-order valence-corrected chi connectivity index (χ1v) is 8.26. The molecule has 22 heavy (non-hydrogen) atoms. The van der Waals surface area contributed by atoms with Gasteiger partial charge in [-0.25, -0.2) is 4.79 Å². The maximum atomic E-state index is 12.0. The summed E-state index contributed by atoms with van der Waals surface area (Å²) in [4.78, 5) is 12.0. The van der Waals surface area contributed by atoms with Crippen LogP contribution in [0.4, 0.5) is 4.79 Å². The van der Waals surface area contributed by atoms with Gasteiger partial charge in [-0.15, -0.1) is 0 Å². The summed E-state index contributed by atoms with van der Waals surface area (Å²) in [6, 6.07) is 16.0. The molecule has 3 nitrogen and oxygen atoms in total. The van der Waals surface area contributed by atoms with E-state index in [2.05, 4.69) is 57.8 Å². The highest BCUT2D eigenvalue weighted by Crippen LogP contribution is 2.16. The first kappa shape index (κ1) is 16.6. The molecule has 2 amide bonds. The Balaban J connectivity index is 1.87. The lowest BCUT2D eigenvalue weighted by atomic mass is 10.1. The van der Waals surface area contributed by atoms with E-state index in [4.69, 9.17) is 0 Å². The van der Waals surface area contributed by atoms with Crippen LogP contribution in [0.25, 0.3) is 0 Å². The summed E-state index contributed by atoms with van der Waals surface area (Å²) in [5.41, 5.74) is 3.46. The van der Waals surface area contributed by atoms with Crippen LogP contribution in [-0.4, -0.2) is 6.03 Å². The number of amides is 2. The molecule has 1 unspecified atom stereocenters. The highest BCUT2D eigenvalue weighted by Gasteiger charge is 2.09. The van der Waals surface area contributed by atoms with Gasteiger partial charge in [-0.3, -0.25) is 0 Å². The Bertz CT molecular complexity index is 625. The number of carbonyl (C=O) groups is 1. The third-order valence-corrected chi connectivity index (χ3v) is 4.41. The van der Waals surface area contributed by atoms with Gasteiger partial charge in [0.2, 0.25) is 0 Å². The smallest absolute Gasteiger partial charge is 0.315 e. The number of rotatable bonds is 5. The summed E-state index contributed by atoms with van der Waals surface area (Å²) in [5.74, 6) is 0. The van der Waals surface area contributed by atoms with Gasteiger partial charge in [0.1, 0.15) is 0 Å². The SMILES string of the molecule is CCc1ccc(C(C)NC(=O)NCc2ccccc2Br)cc1. The van der Waals surface area contributed by atoms with Crippen molar-refractivity contribution in [3.05, 3.63) is 69.7 Å². The highest BCUT2D eigenvalue weighted by molar-refractivity contribution is 9.10. The Hall–Kier alpha value is -1.81. The highest BCUT2D eigenvalue weighted by atomic mass is 79.9. The van der Waals surface area contributed by atoms with E-state index in [9.17, 15) is 4.79 Å². The number of benzene rings is 2. The second-order valence-electron chi connectivity index (χ2n) is 5.24. The van der Waals surface area contributed by atoms with E-state index in [-0.39, 0.29) is 12.1 Å². The molecular formula is C18H21BrN2O. The molecule has 0 heterocycles. The van der Waals surface area contributed by atoms with Gasteiger partial charge in [0.15, 0.2) is 0 Å². The van der Waals surface area contributed by atoms with Crippen LogP contribution in [0, 0.1) is 0 Å². The van der Waals surface area contributed by atoms with Gasteiger partial charge < -0.3 is 10.6 Å². The van der Waals surface area contributed by atoms with E-state index in [1.807, 2.05) is 31.2 Å². The predicted molar refractivity (Wildman–Crippen MR) is 93.7 cm³/mol. The molecule has 2 rings (SSSR count). The zero-order valence-electron chi connectivity index (χ0n) is 12.9. The van der Waals surface area contributed by atoms with Crippen LogP contribution in [-0.2, 0) is 13.0 Å². The van der Waals surface area contributed by atoms with Gasteiger partial charge >= 0.3 is 6.03 Å². The van der Waals surface area contributed by atoms with Crippen LogP contribution >= 0.6 is 15.9 Å². The van der Waals surface area contributed by atoms with Crippen LogP contribution in [0.2, 0.25) is 0 Å². The molecule has 0 aromatic heterocycles. The third kappa shape index (κ3) is 4.60. The predicted octanol–water partition coefficient (Wildman–Crippen LogP) is 4.57. The first-order valence-electron chi connectivity index (χ1n) is 7.46. The van der Waals surface area contributed by atoms with Crippen molar-refractivity contribution >= 4 is 22.0 Å². The quantitative estimate of drug-likeness (QED) is 0.805. The fourth-order valence-electron chi connectivity index (χ4n) is 2.19. The molecule has 4 heteroatoms. The van der Waals surface area contributed by atoms with Gasteiger partial charge in [0, 0.05) is 11.0 Å². The van der Waals surface area contributed by atoms with E-state index in [1.165, 1.54) is 5.56 Å². The number of aryl methyl sites for hydroxylation is 1. The normalized spacial score (nSPS) is 11.8. The van der Waals surface area contributed by atoms with Gasteiger partial charge in [-0.2, -0.15) is 0 Å². The molecule has 116 valence electrons. The number of urea groups is 1. The van der Waals surface area contributed by atoms with Crippen LogP contribution in [0.5, 0.6) is 0 Å². The van der Waals surface area contributed by atoms with E-state index < -0.39 is 0 Å². The lowest BCUT2D eigenvalue weighted by Gasteiger charge is -2.16. The Morgan fingerprint density at radius 2 is 1.82 bits per heavy atom. The van der Waals surface area contributed by atoms with E-state index >= 15 is 0 Å². The number of carbonyl (C=O) groups excluding carboxylic acids is 1. The standard InChI is InChI=1S/C18H21BrN2O/c1-3-14-8-10-15(11-9-14)13(2)21-18(22)20-12-16-6-4-5-7-17(16)19/h4-11,13H,3,12H2,1-2H3,(H2,20,21,22). The molecule has 0 radical (unpaired) electrons. The fourth-order valence-corrected chi connectivity index (χ4v) is 2.62. The average molecular weight is 361 g/mol. The van der Waals surface area contributed by atoms with Gasteiger partial charge in [-0.05, 0) is 36.1 Å². The summed E-state index contributed by atoms with van der Waals surface area (Å²) in [6.07, 6.45) is 1.02. The summed E-state index contributed by atoms with van der Waals surface area (Å²) < 4.78 is 0.999. The molecule has 0 aliphatic heterocycles. The number of nitrogens with one attached hydrogen (secondary N) is 2. The molecule has 0 aliphatic carbocycles. The van der Waals surface area contributed by atoms with Gasteiger partial charge in [-0.1, -0.05) is 65.3 Å². The Morgan fingerprint density at radius 3 is 2.45 bits per heavy atom. The monoisotopic (exact) mass is 360 g/mol. The molecule has 0 saturated carbocycles. The van der Waals surface area contributed by atoms with Crippen molar-refractivity contribution in [3.63, 3.8) is 0 Å². The number of hydrogen-bond donors (Lipinski definition) is 2. The lowest BCUT2D eigenvalue weighted by Crippen LogP contribution is -2.36. The Morgan fingerprint density at radius 1 is 1.14 bits per heavy atom. The van der Waals surface area contributed by atoms with E-state index in [0.717, 1.165) is 22.0 Å². The van der Waals surface area contributed by atoms with Crippen molar-refractivity contribution in [1.82, 2.24) is 10.6 Å². The molecule has 0 aliphatic rings. The zero-order valence-corrected chi connectivity index (χ0v) is 14.5. The molecule has 0 spiro atoms. The number of hydrogen-bond acceptors (Lipinski definition) is 1. The zero-order chi connectivity index (χ0) is 15.9. The minimum atomic E-state index is -0.164. The fraction of sp³-hybridized carbons (Fsp3) is 0.278. The summed E-state index contributed by atoms with van der Waals surface area (Å²) in [7, 11) is 0. The Labute approximate surface area is 140 Å². The van der Waals surface area contributed by atoms with Crippen LogP contribution < -0.4 is 10.6 Å². The van der Waals surface area contributed by atoms with Gasteiger partial charge in [0.25, 0.3) is 0 Å². The van der Waals surface area contributed by atoms with Crippen molar-refractivity contribution in [3.8, 4) is 0 Å². The van der Waals surface area contributed by atoms with Crippen LogP contribution in [0.3, 0.4) is 0 Å². The molecular weight excluding hydrogens is 340 g/mol. The van der Waals surface area contributed by atoms with Crippen LogP contribution in [0.15, 0.2) is 53.0 Å². The molecule has 2 N–H and O–H groups in total. The molecule has 1 atom stereocenters. The van der Waals surface area contributed by atoms with Gasteiger partial charge in [0.05, 0.1) is 6.04 Å². The van der Waals surface area contributed by atoms with Crippen molar-refractivity contribution in [1.29, 1.82) is 0 Å². The van der Waals surface area contributed by atoms with E-state index in [0.29, 0.717) is 6.54 Å². The molecule has 0 bridgehead atoms. The van der Waals surface area contributed by atoms with Crippen molar-refractivity contribution in [2.75, 3.05) is 0 Å². The topological polar surface area (TPSA) is 41.1 Å². The molecule has 0 saturated heterocycles. The largest absolute Gasteiger partial charge is 0.334 e. The average Bonchev–Trinajstić information content (AvgIpc) is 2.54. The third-order valence-electron chi connectivity index (χ3n) is 3.63. The van der Waals surface area contributed by atoms with E-state index in [1.54, 1.807) is 0 Å². The van der Waals surface area contributed by atoms with Crippen molar-refractivity contribution < 1.29 is 4.79 Å².